The lowest BCUT2D eigenvalue weighted by Gasteiger charge is -2.10. The van der Waals surface area contributed by atoms with Crippen LogP contribution in [-0.2, 0) is 6.54 Å². The topological polar surface area (TPSA) is 80.3 Å². The van der Waals surface area contributed by atoms with Gasteiger partial charge in [-0.15, -0.1) is 0 Å². The molecule has 0 bridgehead atoms. The van der Waals surface area contributed by atoms with Crippen molar-refractivity contribution in [3.8, 4) is 17.0 Å². The van der Waals surface area contributed by atoms with Crippen LogP contribution in [-0.4, -0.2) is 29.9 Å². The van der Waals surface area contributed by atoms with Crippen LogP contribution < -0.4 is 15.4 Å². The third kappa shape index (κ3) is 5.09. The zero-order chi connectivity index (χ0) is 21.8. The Bertz CT molecular complexity index is 1090. The zero-order valence-corrected chi connectivity index (χ0v) is 17.6. The molecule has 0 saturated heterocycles. The molecule has 0 unspecified atom stereocenters. The summed E-state index contributed by atoms with van der Waals surface area (Å²) in [7, 11) is 1.62. The van der Waals surface area contributed by atoms with Gasteiger partial charge in [0.2, 0.25) is 0 Å². The maximum atomic E-state index is 12.5. The molecule has 4 rings (SSSR count). The molecule has 1 aliphatic rings. The van der Waals surface area contributed by atoms with Gasteiger partial charge in [0.15, 0.2) is 0 Å². The summed E-state index contributed by atoms with van der Waals surface area (Å²) in [5, 5.41) is 5.91. The van der Waals surface area contributed by atoms with Crippen molar-refractivity contribution in [2.75, 3.05) is 7.11 Å². The molecule has 6 nitrogen and oxygen atoms in total. The van der Waals surface area contributed by atoms with Crippen LogP contribution in [0.5, 0.6) is 5.75 Å². The first-order valence-corrected chi connectivity index (χ1v) is 10.3. The fourth-order valence-electron chi connectivity index (χ4n) is 3.25. The summed E-state index contributed by atoms with van der Waals surface area (Å²) in [6, 6.07) is 17.0. The molecule has 6 heteroatoms. The summed E-state index contributed by atoms with van der Waals surface area (Å²) in [4.78, 5) is 29.3. The van der Waals surface area contributed by atoms with Gasteiger partial charge in [-0.1, -0.05) is 18.2 Å². The van der Waals surface area contributed by atoms with E-state index in [9.17, 15) is 9.59 Å². The van der Waals surface area contributed by atoms with Crippen molar-refractivity contribution >= 4 is 11.8 Å². The highest BCUT2D eigenvalue weighted by Gasteiger charge is 2.24. The molecule has 1 heterocycles. The van der Waals surface area contributed by atoms with E-state index in [0.29, 0.717) is 23.7 Å². The molecule has 31 heavy (non-hydrogen) atoms. The number of benzene rings is 2. The number of nitrogens with zero attached hydrogens (tertiary/aromatic N) is 1. The highest BCUT2D eigenvalue weighted by Crippen LogP contribution is 2.24. The molecule has 1 aliphatic carbocycles. The lowest BCUT2D eigenvalue weighted by Crippen LogP contribution is -2.25. The number of methoxy groups -OCH3 is 1. The fraction of sp³-hybridized carbons (Fsp3) is 0.240. The van der Waals surface area contributed by atoms with E-state index in [4.69, 9.17) is 4.74 Å². The van der Waals surface area contributed by atoms with Gasteiger partial charge in [0.05, 0.1) is 18.4 Å². The molecule has 1 saturated carbocycles. The van der Waals surface area contributed by atoms with Gasteiger partial charge < -0.3 is 15.4 Å². The Kier molecular flexibility index (Phi) is 5.98. The summed E-state index contributed by atoms with van der Waals surface area (Å²) in [6.45, 7) is 2.40. The molecular weight excluding hydrogens is 390 g/mol. The third-order valence-corrected chi connectivity index (χ3v) is 5.33. The number of aryl methyl sites for hydroxylation is 1. The average molecular weight is 415 g/mol. The van der Waals surface area contributed by atoms with Crippen LogP contribution in [0.15, 0.2) is 60.8 Å². The summed E-state index contributed by atoms with van der Waals surface area (Å²) in [5.74, 6) is 0.529. The van der Waals surface area contributed by atoms with Crippen molar-refractivity contribution in [1.29, 1.82) is 0 Å². The minimum atomic E-state index is -0.191. The van der Waals surface area contributed by atoms with E-state index >= 15 is 0 Å². The van der Waals surface area contributed by atoms with Crippen LogP contribution in [0.25, 0.3) is 11.3 Å². The molecule has 2 N–H and O–H groups in total. The molecule has 0 atom stereocenters. The highest BCUT2D eigenvalue weighted by atomic mass is 16.5. The fourth-order valence-corrected chi connectivity index (χ4v) is 3.25. The van der Waals surface area contributed by atoms with E-state index < -0.39 is 0 Å². The quantitative estimate of drug-likeness (QED) is 0.614. The Balaban J connectivity index is 1.43. The summed E-state index contributed by atoms with van der Waals surface area (Å²) < 4.78 is 5.14. The first-order valence-electron chi connectivity index (χ1n) is 10.3. The molecule has 0 aliphatic heterocycles. The van der Waals surface area contributed by atoms with Gasteiger partial charge in [0.25, 0.3) is 11.8 Å². The van der Waals surface area contributed by atoms with Gasteiger partial charge in [-0.25, -0.2) is 0 Å². The molecule has 1 fully saturated rings. The van der Waals surface area contributed by atoms with E-state index in [1.165, 1.54) is 0 Å². The Morgan fingerprint density at radius 1 is 1.00 bits per heavy atom. The number of hydrogen-bond donors (Lipinski definition) is 2. The predicted molar refractivity (Wildman–Crippen MR) is 119 cm³/mol. The standard InChI is InChI=1S/C25H25N3O3/c1-16-3-6-18(25(30)28-20-8-9-20)13-22(16)23-12-7-19(15-26-23)24(29)27-14-17-4-10-21(31-2)11-5-17/h3-7,10-13,15,20H,8-9,14H2,1-2H3,(H,27,29)(H,28,30). The number of ether oxygens (including phenoxy) is 1. The second kappa shape index (κ2) is 9.00. The first kappa shape index (κ1) is 20.6. The predicted octanol–water partition coefficient (Wildman–Crippen LogP) is 3.89. The van der Waals surface area contributed by atoms with Crippen LogP contribution in [0.3, 0.4) is 0 Å². The summed E-state index contributed by atoms with van der Waals surface area (Å²) in [6.07, 6.45) is 3.66. The van der Waals surface area contributed by atoms with Gasteiger partial charge in [0, 0.05) is 29.9 Å². The first-order chi connectivity index (χ1) is 15.0. The van der Waals surface area contributed by atoms with Crippen molar-refractivity contribution < 1.29 is 14.3 Å². The number of nitrogens with one attached hydrogen (secondary N) is 2. The lowest BCUT2D eigenvalue weighted by molar-refractivity contribution is 0.0942. The van der Waals surface area contributed by atoms with Gasteiger partial charge in [0.1, 0.15) is 5.75 Å². The van der Waals surface area contributed by atoms with E-state index in [1.807, 2.05) is 55.5 Å². The van der Waals surface area contributed by atoms with Crippen LogP contribution in [0.4, 0.5) is 0 Å². The molecule has 2 aromatic carbocycles. The number of hydrogen-bond acceptors (Lipinski definition) is 4. The number of carbonyl (C=O) groups excluding carboxylic acids is 2. The molecular formula is C25H25N3O3. The van der Waals surface area contributed by atoms with E-state index in [0.717, 1.165) is 41.0 Å². The molecule has 0 radical (unpaired) electrons. The maximum absolute atomic E-state index is 12.5. The number of pyridine rings is 1. The molecule has 2 amide bonds. The second-order valence-electron chi connectivity index (χ2n) is 7.74. The van der Waals surface area contributed by atoms with Crippen molar-refractivity contribution in [2.24, 2.45) is 0 Å². The van der Waals surface area contributed by atoms with Crippen LogP contribution in [0.2, 0.25) is 0 Å². The van der Waals surface area contributed by atoms with Crippen LogP contribution in [0, 0.1) is 6.92 Å². The maximum Gasteiger partial charge on any atom is 0.253 e. The SMILES string of the molecule is COc1ccc(CNC(=O)c2ccc(-c3cc(C(=O)NC4CC4)ccc3C)nc2)cc1. The van der Waals surface area contributed by atoms with E-state index in [-0.39, 0.29) is 11.8 Å². The normalized spacial score (nSPS) is 12.8. The van der Waals surface area contributed by atoms with E-state index in [1.54, 1.807) is 19.4 Å². The molecule has 0 spiro atoms. The number of amides is 2. The van der Waals surface area contributed by atoms with E-state index in [2.05, 4.69) is 15.6 Å². The van der Waals surface area contributed by atoms with Gasteiger partial charge in [-0.2, -0.15) is 0 Å². The molecule has 3 aromatic rings. The van der Waals surface area contributed by atoms with Crippen molar-refractivity contribution in [3.63, 3.8) is 0 Å². The average Bonchev–Trinajstić information content (AvgIpc) is 3.62. The third-order valence-electron chi connectivity index (χ3n) is 5.33. The minimum Gasteiger partial charge on any atom is -0.497 e. The Hall–Kier alpha value is -3.67. The minimum absolute atomic E-state index is 0.0571. The summed E-state index contributed by atoms with van der Waals surface area (Å²) in [5.41, 5.74) is 4.72. The molecule has 158 valence electrons. The van der Waals surface area contributed by atoms with Crippen LogP contribution in [0.1, 0.15) is 44.7 Å². The Labute approximate surface area is 181 Å². The highest BCUT2D eigenvalue weighted by molar-refractivity contribution is 5.96. The lowest BCUT2D eigenvalue weighted by atomic mass is 10.0. The van der Waals surface area contributed by atoms with Crippen molar-refractivity contribution in [3.05, 3.63) is 83.0 Å². The van der Waals surface area contributed by atoms with Gasteiger partial charge in [-0.3, -0.25) is 14.6 Å². The Morgan fingerprint density at radius 2 is 1.74 bits per heavy atom. The van der Waals surface area contributed by atoms with Gasteiger partial charge in [-0.05, 0) is 67.3 Å². The van der Waals surface area contributed by atoms with Gasteiger partial charge >= 0.3 is 0 Å². The zero-order valence-electron chi connectivity index (χ0n) is 17.6. The van der Waals surface area contributed by atoms with Crippen LogP contribution >= 0.6 is 0 Å². The number of aromatic nitrogens is 1. The number of rotatable bonds is 7. The summed E-state index contributed by atoms with van der Waals surface area (Å²) >= 11 is 0. The van der Waals surface area contributed by atoms with Crippen molar-refractivity contribution in [1.82, 2.24) is 15.6 Å². The molecule has 1 aromatic heterocycles. The largest absolute Gasteiger partial charge is 0.497 e. The monoisotopic (exact) mass is 415 g/mol. The van der Waals surface area contributed by atoms with Crippen molar-refractivity contribution in [2.45, 2.75) is 32.4 Å². The number of carbonyl (C=O) groups is 2. The Morgan fingerprint density at radius 3 is 2.39 bits per heavy atom. The second-order valence-corrected chi connectivity index (χ2v) is 7.74. The smallest absolute Gasteiger partial charge is 0.253 e.